The Morgan fingerprint density at radius 3 is 2.58 bits per heavy atom. The number of likely N-dealkylation sites (N-methyl/N-ethyl adjacent to an activating group) is 1. The fraction of sp³-hybridized carbons (Fsp3) is 0.357. The molecule has 24 heavy (non-hydrogen) atoms. The summed E-state index contributed by atoms with van der Waals surface area (Å²) in [5.41, 5.74) is 0. The van der Waals surface area contributed by atoms with Crippen LogP contribution in [0.4, 0.5) is 0 Å². The Hall–Kier alpha value is -1.97. The Balaban J connectivity index is 2.02. The third kappa shape index (κ3) is 5.02. The summed E-state index contributed by atoms with van der Waals surface area (Å²) in [5.74, 6) is -1.36. The van der Waals surface area contributed by atoms with Gasteiger partial charge >= 0.3 is 11.8 Å². The molecule has 0 aliphatic heterocycles. The van der Waals surface area contributed by atoms with Crippen molar-refractivity contribution in [3.05, 3.63) is 41.0 Å². The molecule has 1 heterocycles. The lowest BCUT2D eigenvalue weighted by Crippen LogP contribution is -2.31. The molecule has 10 heteroatoms. The minimum atomic E-state index is -3.65. The number of benzene rings is 1. The molecule has 0 saturated carbocycles. The maximum atomic E-state index is 12.3. The SMILES string of the molecule is CN(C)CCNC(=O)c1nc(CS(=O)(=O)c2ccc(Cl)cc2)no1. The van der Waals surface area contributed by atoms with Gasteiger partial charge in [-0.2, -0.15) is 4.98 Å². The summed E-state index contributed by atoms with van der Waals surface area (Å²) in [7, 11) is 0.0945. The predicted molar refractivity (Wildman–Crippen MR) is 87.5 cm³/mol. The van der Waals surface area contributed by atoms with Gasteiger partial charge in [0.05, 0.1) is 4.90 Å². The van der Waals surface area contributed by atoms with Gasteiger partial charge in [0.25, 0.3) is 0 Å². The lowest BCUT2D eigenvalue weighted by Gasteiger charge is -2.08. The van der Waals surface area contributed by atoms with Crippen LogP contribution in [0.25, 0.3) is 0 Å². The molecule has 2 aromatic rings. The summed E-state index contributed by atoms with van der Waals surface area (Å²) in [5, 5.41) is 6.58. The van der Waals surface area contributed by atoms with Crippen LogP contribution in [0.5, 0.6) is 0 Å². The van der Waals surface area contributed by atoms with E-state index >= 15 is 0 Å². The van der Waals surface area contributed by atoms with Gasteiger partial charge in [-0.1, -0.05) is 16.8 Å². The van der Waals surface area contributed by atoms with E-state index in [0.29, 0.717) is 18.1 Å². The lowest BCUT2D eigenvalue weighted by molar-refractivity contribution is 0.0907. The molecule has 1 aromatic carbocycles. The van der Waals surface area contributed by atoms with Crippen molar-refractivity contribution >= 4 is 27.3 Å². The highest BCUT2D eigenvalue weighted by Crippen LogP contribution is 2.18. The monoisotopic (exact) mass is 372 g/mol. The Labute approximate surface area is 144 Å². The first-order chi connectivity index (χ1) is 11.3. The molecular formula is C14H17ClN4O4S. The quantitative estimate of drug-likeness (QED) is 0.772. The van der Waals surface area contributed by atoms with E-state index in [4.69, 9.17) is 16.1 Å². The van der Waals surface area contributed by atoms with E-state index in [2.05, 4.69) is 15.5 Å². The van der Waals surface area contributed by atoms with Crippen molar-refractivity contribution in [1.82, 2.24) is 20.4 Å². The molecule has 0 fully saturated rings. The fourth-order valence-corrected chi connectivity index (χ4v) is 3.07. The number of nitrogens with one attached hydrogen (secondary N) is 1. The number of halogens is 1. The highest BCUT2D eigenvalue weighted by molar-refractivity contribution is 7.90. The van der Waals surface area contributed by atoms with Crippen molar-refractivity contribution in [2.75, 3.05) is 27.2 Å². The minimum absolute atomic E-state index is 0.0808. The van der Waals surface area contributed by atoms with Crippen LogP contribution >= 0.6 is 11.6 Å². The molecule has 2 rings (SSSR count). The number of amides is 1. The second-order valence-electron chi connectivity index (χ2n) is 5.29. The van der Waals surface area contributed by atoms with Crippen LogP contribution < -0.4 is 5.32 Å². The van der Waals surface area contributed by atoms with Gasteiger partial charge < -0.3 is 14.7 Å². The molecule has 1 aromatic heterocycles. The van der Waals surface area contributed by atoms with Crippen molar-refractivity contribution in [2.45, 2.75) is 10.6 Å². The van der Waals surface area contributed by atoms with Gasteiger partial charge in [0.15, 0.2) is 15.7 Å². The second-order valence-corrected chi connectivity index (χ2v) is 7.71. The van der Waals surface area contributed by atoms with Crippen LogP contribution in [0.2, 0.25) is 5.02 Å². The van der Waals surface area contributed by atoms with Gasteiger partial charge in [-0.25, -0.2) is 8.42 Å². The number of hydrogen-bond acceptors (Lipinski definition) is 7. The van der Waals surface area contributed by atoms with Crippen molar-refractivity contribution in [3.63, 3.8) is 0 Å². The third-order valence-corrected chi connectivity index (χ3v) is 4.88. The summed E-state index contributed by atoms with van der Waals surface area (Å²) >= 11 is 5.74. The average molecular weight is 373 g/mol. The molecule has 0 saturated heterocycles. The van der Waals surface area contributed by atoms with Gasteiger partial charge in [0.2, 0.25) is 0 Å². The standard InChI is InChI=1S/C14H17ClN4O4S/c1-19(2)8-7-16-13(20)14-17-12(18-23-14)9-24(21,22)11-5-3-10(15)4-6-11/h3-6H,7-9H2,1-2H3,(H,16,20). The minimum Gasteiger partial charge on any atom is -0.347 e. The Morgan fingerprint density at radius 2 is 1.96 bits per heavy atom. The Bertz CT molecular complexity index is 802. The van der Waals surface area contributed by atoms with E-state index < -0.39 is 21.5 Å². The smallest absolute Gasteiger partial charge is 0.315 e. The van der Waals surface area contributed by atoms with Gasteiger partial charge in [0, 0.05) is 18.1 Å². The fourth-order valence-electron chi connectivity index (χ4n) is 1.77. The summed E-state index contributed by atoms with van der Waals surface area (Å²) in [6.07, 6.45) is 0. The van der Waals surface area contributed by atoms with Crippen molar-refractivity contribution in [3.8, 4) is 0 Å². The van der Waals surface area contributed by atoms with Crippen LogP contribution in [0.1, 0.15) is 16.5 Å². The molecule has 0 radical (unpaired) electrons. The van der Waals surface area contributed by atoms with E-state index in [9.17, 15) is 13.2 Å². The zero-order valence-corrected chi connectivity index (χ0v) is 14.8. The molecule has 0 aliphatic rings. The molecule has 1 N–H and O–H groups in total. The average Bonchev–Trinajstić information content (AvgIpc) is 2.95. The summed E-state index contributed by atoms with van der Waals surface area (Å²) in [6.45, 7) is 1.06. The van der Waals surface area contributed by atoms with E-state index in [-0.39, 0.29) is 16.6 Å². The van der Waals surface area contributed by atoms with E-state index in [0.717, 1.165) is 0 Å². The van der Waals surface area contributed by atoms with Crippen LogP contribution in [-0.2, 0) is 15.6 Å². The Morgan fingerprint density at radius 1 is 1.29 bits per heavy atom. The normalized spacial score (nSPS) is 11.7. The van der Waals surface area contributed by atoms with Gasteiger partial charge in [-0.15, -0.1) is 0 Å². The Kier molecular flexibility index (Phi) is 5.92. The van der Waals surface area contributed by atoms with Gasteiger partial charge in [-0.05, 0) is 38.4 Å². The topological polar surface area (TPSA) is 105 Å². The maximum absolute atomic E-state index is 12.3. The van der Waals surface area contributed by atoms with Gasteiger partial charge in [0.1, 0.15) is 5.75 Å². The number of rotatable bonds is 7. The second kappa shape index (κ2) is 7.73. The molecule has 1 amide bonds. The summed E-state index contributed by atoms with van der Waals surface area (Å²) < 4.78 is 29.3. The van der Waals surface area contributed by atoms with Crippen LogP contribution in [-0.4, -0.2) is 56.6 Å². The molecule has 0 unspecified atom stereocenters. The summed E-state index contributed by atoms with van der Waals surface area (Å²) in [6, 6.07) is 5.75. The molecule has 130 valence electrons. The molecule has 0 aliphatic carbocycles. The number of nitrogens with zero attached hydrogens (tertiary/aromatic N) is 3. The van der Waals surface area contributed by atoms with Crippen molar-refractivity contribution in [1.29, 1.82) is 0 Å². The van der Waals surface area contributed by atoms with Crippen molar-refractivity contribution in [2.24, 2.45) is 0 Å². The van der Waals surface area contributed by atoms with E-state index in [1.807, 2.05) is 19.0 Å². The predicted octanol–water partition coefficient (Wildman–Crippen LogP) is 0.988. The molecule has 0 spiro atoms. The number of carbonyl (C=O) groups excluding carboxylic acids is 1. The largest absolute Gasteiger partial charge is 0.347 e. The molecule has 0 bridgehead atoms. The number of carbonyl (C=O) groups is 1. The number of aromatic nitrogens is 2. The van der Waals surface area contributed by atoms with E-state index in [1.165, 1.54) is 24.3 Å². The zero-order chi connectivity index (χ0) is 17.7. The molecule has 0 atom stereocenters. The third-order valence-electron chi connectivity index (χ3n) is 3.00. The molecule has 8 nitrogen and oxygen atoms in total. The summed E-state index contributed by atoms with van der Waals surface area (Å²) in [4.78, 5) is 17.6. The van der Waals surface area contributed by atoms with Gasteiger partial charge in [-0.3, -0.25) is 4.79 Å². The highest BCUT2D eigenvalue weighted by Gasteiger charge is 2.21. The number of sulfone groups is 1. The first kappa shape index (κ1) is 18.4. The maximum Gasteiger partial charge on any atom is 0.315 e. The van der Waals surface area contributed by atoms with Crippen LogP contribution in [0, 0.1) is 0 Å². The first-order valence-corrected chi connectivity index (χ1v) is 9.05. The van der Waals surface area contributed by atoms with Crippen LogP contribution in [0.15, 0.2) is 33.7 Å². The molecular weight excluding hydrogens is 356 g/mol. The zero-order valence-electron chi connectivity index (χ0n) is 13.2. The van der Waals surface area contributed by atoms with E-state index in [1.54, 1.807) is 0 Å². The highest BCUT2D eigenvalue weighted by atomic mass is 35.5. The van der Waals surface area contributed by atoms with Crippen LogP contribution in [0.3, 0.4) is 0 Å². The van der Waals surface area contributed by atoms with Crippen molar-refractivity contribution < 1.29 is 17.7 Å². The lowest BCUT2D eigenvalue weighted by atomic mass is 10.4. The first-order valence-electron chi connectivity index (χ1n) is 7.02. The number of hydrogen-bond donors (Lipinski definition) is 1.